The smallest absolute Gasteiger partial charge is 0.319 e. The lowest BCUT2D eigenvalue weighted by Gasteiger charge is -2.31. The van der Waals surface area contributed by atoms with E-state index in [-0.39, 0.29) is 31.8 Å². The molecule has 3 amide bonds. The first-order chi connectivity index (χ1) is 16.0. The number of carbonyl (C=O) groups is 2. The fraction of sp³-hybridized carbons (Fsp3) is 0.333. The summed E-state index contributed by atoms with van der Waals surface area (Å²) >= 11 is 0. The molecule has 2 aromatic carbocycles. The molecule has 0 radical (unpaired) electrons. The first kappa shape index (κ1) is 22.6. The van der Waals surface area contributed by atoms with Crippen molar-refractivity contribution in [3.8, 4) is 11.5 Å². The van der Waals surface area contributed by atoms with Gasteiger partial charge in [-0.25, -0.2) is 4.79 Å². The number of carbonyl (C=O) groups excluding carboxylic acids is 2. The number of amides is 3. The fourth-order valence-electron chi connectivity index (χ4n) is 3.74. The number of hydrogen-bond donors (Lipinski definition) is 4. The van der Waals surface area contributed by atoms with Crippen LogP contribution in [0.5, 0.6) is 11.5 Å². The van der Waals surface area contributed by atoms with Crippen molar-refractivity contribution >= 4 is 17.6 Å². The predicted octanol–water partition coefficient (Wildman–Crippen LogP) is 2.49. The van der Waals surface area contributed by atoms with Crippen LogP contribution in [-0.2, 0) is 9.53 Å². The lowest BCUT2D eigenvalue weighted by molar-refractivity contribution is -0.125. The fourth-order valence-corrected chi connectivity index (χ4v) is 3.74. The van der Waals surface area contributed by atoms with Gasteiger partial charge in [-0.15, -0.1) is 0 Å². The Morgan fingerprint density at radius 1 is 1.09 bits per heavy atom. The predicted molar refractivity (Wildman–Crippen MR) is 121 cm³/mol. The largest absolute Gasteiger partial charge is 0.454 e. The molecule has 0 aliphatic carbocycles. The highest BCUT2D eigenvalue weighted by molar-refractivity contribution is 5.90. The third-order valence-electron chi connectivity index (χ3n) is 5.46. The molecule has 4 rings (SSSR count). The minimum Gasteiger partial charge on any atom is -0.454 e. The molecule has 0 bridgehead atoms. The summed E-state index contributed by atoms with van der Waals surface area (Å²) in [5, 5.41) is 18.2. The van der Waals surface area contributed by atoms with Crippen LogP contribution in [0.15, 0.2) is 60.7 Å². The maximum atomic E-state index is 12.4. The van der Waals surface area contributed by atoms with E-state index in [0.29, 0.717) is 17.2 Å². The molecule has 2 aliphatic heterocycles. The average Bonchev–Trinajstić information content (AvgIpc) is 3.28. The number of benzene rings is 2. The zero-order chi connectivity index (χ0) is 23.2. The normalized spacial score (nSPS) is 21.8. The van der Waals surface area contributed by atoms with Crippen LogP contribution in [-0.4, -0.2) is 48.7 Å². The van der Waals surface area contributed by atoms with Gasteiger partial charge in [-0.3, -0.25) is 4.79 Å². The summed E-state index contributed by atoms with van der Waals surface area (Å²) in [6.07, 6.45) is 2.40. The lowest BCUT2D eigenvalue weighted by Crippen LogP contribution is -2.50. The number of anilines is 1. The van der Waals surface area contributed by atoms with Crippen molar-refractivity contribution in [2.75, 3.05) is 18.7 Å². The van der Waals surface area contributed by atoms with Gasteiger partial charge in [0.2, 0.25) is 12.7 Å². The molecule has 9 heteroatoms. The third-order valence-corrected chi connectivity index (χ3v) is 5.46. The topological polar surface area (TPSA) is 118 Å². The first-order valence-corrected chi connectivity index (χ1v) is 10.8. The monoisotopic (exact) mass is 453 g/mol. The quantitative estimate of drug-likeness (QED) is 0.479. The summed E-state index contributed by atoms with van der Waals surface area (Å²) in [6, 6.07) is 13.6. The van der Waals surface area contributed by atoms with E-state index in [4.69, 9.17) is 14.2 Å². The zero-order valence-corrected chi connectivity index (χ0v) is 18.2. The van der Waals surface area contributed by atoms with E-state index in [0.717, 1.165) is 5.56 Å². The number of rotatable bonds is 7. The molecular weight excluding hydrogens is 426 g/mol. The van der Waals surface area contributed by atoms with Gasteiger partial charge in [0, 0.05) is 11.8 Å². The van der Waals surface area contributed by atoms with Crippen molar-refractivity contribution in [1.29, 1.82) is 0 Å². The molecule has 0 unspecified atom stereocenters. The molecule has 4 atom stereocenters. The van der Waals surface area contributed by atoms with Crippen LogP contribution in [0.4, 0.5) is 10.5 Å². The Kier molecular flexibility index (Phi) is 7.11. The van der Waals surface area contributed by atoms with Gasteiger partial charge in [0.25, 0.3) is 0 Å². The summed E-state index contributed by atoms with van der Waals surface area (Å²) in [7, 11) is 0. The highest BCUT2D eigenvalue weighted by Crippen LogP contribution is 2.34. The highest BCUT2D eigenvalue weighted by Gasteiger charge is 2.29. The number of aliphatic hydroxyl groups is 1. The number of nitrogens with one attached hydrogen (secondary N) is 3. The number of urea groups is 1. The van der Waals surface area contributed by atoms with E-state index in [1.54, 1.807) is 30.4 Å². The molecule has 0 saturated carbocycles. The Morgan fingerprint density at radius 3 is 2.67 bits per heavy atom. The van der Waals surface area contributed by atoms with Crippen LogP contribution in [0.25, 0.3) is 0 Å². The lowest BCUT2D eigenvalue weighted by atomic mass is 10.0. The Labute approximate surface area is 191 Å². The second-order valence-corrected chi connectivity index (χ2v) is 7.88. The number of hydrogen-bond acceptors (Lipinski definition) is 6. The van der Waals surface area contributed by atoms with Gasteiger partial charge in [-0.2, -0.15) is 0 Å². The minimum absolute atomic E-state index is 0.111. The number of ether oxygens (including phenoxy) is 3. The van der Waals surface area contributed by atoms with Gasteiger partial charge in [-0.05, 0) is 24.6 Å². The maximum Gasteiger partial charge on any atom is 0.319 e. The van der Waals surface area contributed by atoms with Crippen LogP contribution in [0, 0.1) is 0 Å². The summed E-state index contributed by atoms with van der Waals surface area (Å²) in [6.45, 7) is 1.76. The van der Waals surface area contributed by atoms with Crippen molar-refractivity contribution in [1.82, 2.24) is 10.6 Å². The summed E-state index contributed by atoms with van der Waals surface area (Å²) < 4.78 is 16.4. The Balaban J connectivity index is 1.29. The number of aliphatic hydroxyl groups excluding tert-OH is 1. The molecule has 174 valence electrons. The molecule has 0 saturated heterocycles. The summed E-state index contributed by atoms with van der Waals surface area (Å²) in [5.74, 6) is 1.02. The molecule has 0 aromatic heterocycles. The van der Waals surface area contributed by atoms with Crippen LogP contribution in [0.1, 0.15) is 24.9 Å². The van der Waals surface area contributed by atoms with E-state index in [9.17, 15) is 14.7 Å². The maximum absolute atomic E-state index is 12.4. The van der Waals surface area contributed by atoms with Gasteiger partial charge in [0.05, 0.1) is 31.2 Å². The van der Waals surface area contributed by atoms with Crippen LogP contribution in [0.2, 0.25) is 0 Å². The molecule has 33 heavy (non-hydrogen) atoms. The van der Waals surface area contributed by atoms with Crippen LogP contribution >= 0.6 is 0 Å². The molecule has 2 aliphatic rings. The van der Waals surface area contributed by atoms with E-state index < -0.39 is 24.3 Å². The molecule has 2 aromatic rings. The summed E-state index contributed by atoms with van der Waals surface area (Å²) in [4.78, 5) is 24.9. The second-order valence-electron chi connectivity index (χ2n) is 7.88. The minimum atomic E-state index is -0.679. The first-order valence-electron chi connectivity index (χ1n) is 10.8. The van der Waals surface area contributed by atoms with Crippen molar-refractivity contribution in [2.45, 2.75) is 37.6 Å². The highest BCUT2D eigenvalue weighted by atomic mass is 16.7. The van der Waals surface area contributed by atoms with Crippen molar-refractivity contribution < 1.29 is 28.9 Å². The van der Waals surface area contributed by atoms with E-state index in [1.165, 1.54) is 0 Å². The van der Waals surface area contributed by atoms with E-state index in [2.05, 4.69) is 16.0 Å². The third kappa shape index (κ3) is 5.82. The Morgan fingerprint density at radius 2 is 1.88 bits per heavy atom. The Bertz CT molecular complexity index is 1010. The molecule has 0 spiro atoms. The standard InChI is InChI=1S/C24H27N3O6/c1-15(16-5-3-2-4-6-16)25-23(29)12-18-8-9-19(22(13-28)33-18)27-24(30)26-17-7-10-20-21(11-17)32-14-31-20/h2-11,15,18-19,22,28H,12-14H2,1H3,(H,25,29)(H2,26,27,30)/t15-,18+,19+,22+/m0/s1. The molecule has 0 fully saturated rings. The second kappa shape index (κ2) is 10.4. The van der Waals surface area contributed by atoms with E-state index >= 15 is 0 Å². The van der Waals surface area contributed by atoms with Gasteiger partial charge < -0.3 is 35.3 Å². The molecular formula is C24H27N3O6. The van der Waals surface area contributed by atoms with Gasteiger partial charge in [-0.1, -0.05) is 42.5 Å². The number of fused-ring (bicyclic) bond motifs is 1. The van der Waals surface area contributed by atoms with Crippen LogP contribution < -0.4 is 25.4 Å². The van der Waals surface area contributed by atoms with E-state index in [1.807, 2.05) is 37.3 Å². The van der Waals surface area contributed by atoms with Crippen molar-refractivity contribution in [3.63, 3.8) is 0 Å². The van der Waals surface area contributed by atoms with Gasteiger partial charge >= 0.3 is 6.03 Å². The van der Waals surface area contributed by atoms with Crippen molar-refractivity contribution in [2.24, 2.45) is 0 Å². The van der Waals surface area contributed by atoms with Crippen LogP contribution in [0.3, 0.4) is 0 Å². The van der Waals surface area contributed by atoms with Gasteiger partial charge in [0.15, 0.2) is 11.5 Å². The molecule has 2 heterocycles. The molecule has 4 N–H and O–H groups in total. The average molecular weight is 453 g/mol. The Hall–Kier alpha value is -3.56. The SMILES string of the molecule is C[C@H](NC(=O)C[C@H]1C=C[C@@H](NC(=O)Nc2ccc3c(c2)OCO3)[C@@H](CO)O1)c1ccccc1. The zero-order valence-electron chi connectivity index (χ0n) is 18.2. The van der Waals surface area contributed by atoms with Gasteiger partial charge in [0.1, 0.15) is 6.10 Å². The summed E-state index contributed by atoms with van der Waals surface area (Å²) in [5.41, 5.74) is 1.55. The molecule has 9 nitrogen and oxygen atoms in total. The van der Waals surface area contributed by atoms with Crippen molar-refractivity contribution in [3.05, 3.63) is 66.2 Å².